The van der Waals surface area contributed by atoms with E-state index in [0.717, 1.165) is 25.3 Å². The molecule has 3 aromatic carbocycles. The Morgan fingerprint density at radius 3 is 2.23 bits per heavy atom. The minimum atomic E-state index is -0.360. The molecule has 1 aliphatic rings. The van der Waals surface area contributed by atoms with Crippen molar-refractivity contribution in [1.82, 2.24) is 19.6 Å². The fourth-order valence-corrected chi connectivity index (χ4v) is 4.30. The van der Waals surface area contributed by atoms with Crippen molar-refractivity contribution in [3.05, 3.63) is 114 Å². The third-order valence-corrected chi connectivity index (χ3v) is 6.21. The highest BCUT2D eigenvalue weighted by Gasteiger charge is 2.26. The van der Waals surface area contributed by atoms with Gasteiger partial charge >= 0.3 is 0 Å². The van der Waals surface area contributed by atoms with Gasteiger partial charge in [-0.25, -0.2) is 9.07 Å². The van der Waals surface area contributed by atoms with Crippen LogP contribution in [0.4, 0.5) is 4.39 Å². The number of hydrogen-bond acceptors (Lipinski definition) is 3. The Bertz CT molecular complexity index is 1310. The molecular formula is C29H27FN4O. The predicted octanol–water partition coefficient (Wildman–Crippen LogP) is 5.15. The highest BCUT2D eigenvalue weighted by atomic mass is 19.1. The van der Waals surface area contributed by atoms with Crippen molar-refractivity contribution in [3.63, 3.8) is 0 Å². The largest absolute Gasteiger partial charge is 0.335 e. The molecule has 0 saturated carbocycles. The van der Waals surface area contributed by atoms with Gasteiger partial charge in [0.15, 0.2) is 0 Å². The number of carbonyl (C=O) groups is 1. The molecule has 4 aromatic rings. The zero-order valence-corrected chi connectivity index (χ0v) is 19.4. The molecule has 1 amide bonds. The number of para-hydroxylation sites is 1. The van der Waals surface area contributed by atoms with E-state index in [2.05, 4.69) is 34.3 Å². The van der Waals surface area contributed by atoms with Crippen LogP contribution < -0.4 is 0 Å². The number of benzene rings is 3. The molecule has 0 unspecified atom stereocenters. The van der Waals surface area contributed by atoms with E-state index in [4.69, 9.17) is 0 Å². The van der Waals surface area contributed by atoms with Gasteiger partial charge in [-0.15, -0.1) is 0 Å². The van der Waals surface area contributed by atoms with E-state index in [9.17, 15) is 9.18 Å². The Labute approximate surface area is 204 Å². The van der Waals surface area contributed by atoms with Crippen molar-refractivity contribution in [2.75, 3.05) is 32.7 Å². The van der Waals surface area contributed by atoms with Gasteiger partial charge in [-0.05, 0) is 35.9 Å². The molecule has 0 spiro atoms. The number of hydrogen-bond donors (Lipinski definition) is 0. The number of aromatic nitrogens is 2. The monoisotopic (exact) mass is 466 g/mol. The molecule has 0 bridgehead atoms. The van der Waals surface area contributed by atoms with Gasteiger partial charge in [-0.1, -0.05) is 72.8 Å². The third-order valence-electron chi connectivity index (χ3n) is 6.21. The van der Waals surface area contributed by atoms with Crippen molar-refractivity contribution in [1.29, 1.82) is 0 Å². The second-order valence-corrected chi connectivity index (χ2v) is 8.55. The lowest BCUT2D eigenvalue weighted by atomic mass is 10.1. The van der Waals surface area contributed by atoms with Crippen molar-refractivity contribution in [3.8, 4) is 16.9 Å². The van der Waals surface area contributed by atoms with E-state index < -0.39 is 0 Å². The molecule has 1 fully saturated rings. The SMILES string of the molecule is O=C(c1cc(-c2ccccc2F)nn1-c1ccccc1)N1CCN(CC=Cc2ccccc2)CC1. The fraction of sp³-hybridized carbons (Fsp3) is 0.172. The standard InChI is InChI=1S/C29H27FN4O/c30-26-16-8-7-15-25(26)27-22-28(34(31-27)24-13-5-2-6-14-24)29(35)33-20-18-32(19-21-33)17-9-12-23-10-3-1-4-11-23/h1-16,22H,17-21H2. The van der Waals surface area contributed by atoms with Gasteiger partial charge < -0.3 is 4.90 Å². The van der Waals surface area contributed by atoms with Crippen LogP contribution in [0.2, 0.25) is 0 Å². The van der Waals surface area contributed by atoms with E-state index >= 15 is 0 Å². The van der Waals surface area contributed by atoms with Gasteiger partial charge in [0.25, 0.3) is 5.91 Å². The molecule has 5 nitrogen and oxygen atoms in total. The van der Waals surface area contributed by atoms with Crippen molar-refractivity contribution in [2.45, 2.75) is 0 Å². The summed E-state index contributed by atoms with van der Waals surface area (Å²) in [4.78, 5) is 17.8. The molecule has 0 N–H and O–H groups in total. The van der Waals surface area contributed by atoms with Crippen LogP contribution in [0.3, 0.4) is 0 Å². The van der Waals surface area contributed by atoms with Crippen LogP contribution in [-0.4, -0.2) is 58.2 Å². The van der Waals surface area contributed by atoms with Crippen molar-refractivity contribution in [2.24, 2.45) is 0 Å². The first-order valence-corrected chi connectivity index (χ1v) is 11.8. The average Bonchev–Trinajstić information content (AvgIpc) is 3.35. The maximum Gasteiger partial charge on any atom is 0.272 e. The quantitative estimate of drug-likeness (QED) is 0.395. The molecule has 176 valence electrons. The molecule has 0 atom stereocenters. The van der Waals surface area contributed by atoms with E-state index in [0.29, 0.717) is 30.0 Å². The normalized spacial score (nSPS) is 14.5. The smallest absolute Gasteiger partial charge is 0.272 e. The lowest BCUT2D eigenvalue weighted by Crippen LogP contribution is -2.49. The molecule has 1 aromatic heterocycles. The number of rotatable bonds is 6. The molecule has 35 heavy (non-hydrogen) atoms. The second kappa shape index (κ2) is 10.5. The minimum Gasteiger partial charge on any atom is -0.335 e. The van der Waals surface area contributed by atoms with Gasteiger partial charge in [0.1, 0.15) is 11.5 Å². The van der Waals surface area contributed by atoms with Crippen LogP contribution in [-0.2, 0) is 0 Å². The number of nitrogens with zero attached hydrogens (tertiary/aromatic N) is 4. The summed E-state index contributed by atoms with van der Waals surface area (Å²) in [6, 6.07) is 27.9. The number of piperazine rings is 1. The summed E-state index contributed by atoms with van der Waals surface area (Å²) in [5, 5.41) is 4.62. The van der Waals surface area contributed by atoms with Crippen LogP contribution in [0.15, 0.2) is 97.1 Å². The lowest BCUT2D eigenvalue weighted by molar-refractivity contribution is 0.0641. The van der Waals surface area contributed by atoms with E-state index in [1.165, 1.54) is 11.6 Å². The molecule has 1 aliphatic heterocycles. The summed E-state index contributed by atoms with van der Waals surface area (Å²) in [6.45, 7) is 3.70. The van der Waals surface area contributed by atoms with E-state index in [1.807, 2.05) is 53.4 Å². The van der Waals surface area contributed by atoms with Gasteiger partial charge in [-0.3, -0.25) is 9.69 Å². The van der Waals surface area contributed by atoms with E-state index in [1.54, 1.807) is 28.9 Å². The molecular weight excluding hydrogens is 439 g/mol. The first-order chi connectivity index (χ1) is 17.2. The van der Waals surface area contributed by atoms with Crippen LogP contribution in [0.25, 0.3) is 23.0 Å². The number of amides is 1. The summed E-state index contributed by atoms with van der Waals surface area (Å²) in [5.41, 5.74) is 3.21. The first kappa shape index (κ1) is 22.7. The molecule has 2 heterocycles. The molecule has 0 aliphatic carbocycles. The summed E-state index contributed by atoms with van der Waals surface area (Å²) in [6.07, 6.45) is 4.29. The van der Waals surface area contributed by atoms with Gasteiger partial charge in [0.2, 0.25) is 0 Å². The highest BCUT2D eigenvalue weighted by molar-refractivity contribution is 5.94. The second-order valence-electron chi connectivity index (χ2n) is 8.55. The molecule has 5 rings (SSSR count). The Kier molecular flexibility index (Phi) is 6.82. The maximum absolute atomic E-state index is 14.5. The van der Waals surface area contributed by atoms with Gasteiger partial charge in [0.05, 0.1) is 11.4 Å². The predicted molar refractivity (Wildman–Crippen MR) is 137 cm³/mol. The minimum absolute atomic E-state index is 0.0941. The average molecular weight is 467 g/mol. The highest BCUT2D eigenvalue weighted by Crippen LogP contribution is 2.25. The van der Waals surface area contributed by atoms with Crippen LogP contribution in [0.1, 0.15) is 16.1 Å². The zero-order valence-electron chi connectivity index (χ0n) is 19.4. The van der Waals surface area contributed by atoms with E-state index in [-0.39, 0.29) is 11.7 Å². The summed E-state index contributed by atoms with van der Waals surface area (Å²) < 4.78 is 16.1. The van der Waals surface area contributed by atoms with Gasteiger partial charge in [-0.2, -0.15) is 5.10 Å². The maximum atomic E-state index is 14.5. The molecule has 6 heteroatoms. The molecule has 1 saturated heterocycles. The lowest BCUT2D eigenvalue weighted by Gasteiger charge is -2.34. The van der Waals surface area contributed by atoms with Gasteiger partial charge in [0, 0.05) is 38.3 Å². The Hall–Kier alpha value is -4.03. The first-order valence-electron chi connectivity index (χ1n) is 11.8. The van der Waals surface area contributed by atoms with Crippen LogP contribution in [0.5, 0.6) is 0 Å². The Morgan fingerprint density at radius 1 is 0.857 bits per heavy atom. The third kappa shape index (κ3) is 5.23. The van der Waals surface area contributed by atoms with Crippen LogP contribution >= 0.6 is 0 Å². The van der Waals surface area contributed by atoms with Crippen molar-refractivity contribution < 1.29 is 9.18 Å². The summed E-state index contributed by atoms with van der Waals surface area (Å²) >= 11 is 0. The Morgan fingerprint density at radius 2 is 1.51 bits per heavy atom. The van der Waals surface area contributed by atoms with Crippen molar-refractivity contribution >= 4 is 12.0 Å². The fourth-order valence-electron chi connectivity index (χ4n) is 4.30. The summed E-state index contributed by atoms with van der Waals surface area (Å²) in [7, 11) is 0. The zero-order chi connectivity index (χ0) is 24.0. The summed E-state index contributed by atoms with van der Waals surface area (Å²) in [5.74, 6) is -0.454. The topological polar surface area (TPSA) is 41.4 Å². The molecule has 0 radical (unpaired) electrons. The Balaban J connectivity index is 1.32. The number of carbonyl (C=O) groups excluding carboxylic acids is 1. The van der Waals surface area contributed by atoms with Crippen LogP contribution in [0, 0.1) is 5.82 Å². The number of halogens is 1.